The minimum Gasteiger partial charge on any atom is -0.356 e. The summed E-state index contributed by atoms with van der Waals surface area (Å²) in [7, 11) is 1.73. The molecule has 1 unspecified atom stereocenters. The number of hydrogen-bond donors (Lipinski definition) is 1. The Bertz CT molecular complexity index is 638. The molecule has 0 radical (unpaired) electrons. The van der Waals surface area contributed by atoms with Gasteiger partial charge in [0.15, 0.2) is 11.7 Å². The fourth-order valence-corrected chi connectivity index (χ4v) is 4.00. The van der Waals surface area contributed by atoms with Gasteiger partial charge in [0.1, 0.15) is 0 Å². The summed E-state index contributed by atoms with van der Waals surface area (Å²) in [5.41, 5.74) is -0.807. The lowest BCUT2D eigenvalue weighted by molar-refractivity contribution is -0.140. The van der Waals surface area contributed by atoms with E-state index in [1.54, 1.807) is 7.05 Å². The molecule has 1 aromatic heterocycles. The topological polar surface area (TPSA) is 43.8 Å². The van der Waals surface area contributed by atoms with E-state index >= 15 is 0 Å². The maximum Gasteiger partial charge on any atom is 0.434 e. The lowest BCUT2D eigenvalue weighted by Gasteiger charge is -2.25. The van der Waals surface area contributed by atoms with Crippen molar-refractivity contribution in [3.05, 3.63) is 28.2 Å². The standard InChI is InChI=1S/C16H22F3N5S.HI/c1-20-15(24-9-5-12(10-24)23-7-2-3-8-23)21-6-4-14-22-13(11-25-14)16(17,18)19;/h2-3,11-12H,4-10H2,1H3,(H,20,21);1H. The smallest absolute Gasteiger partial charge is 0.356 e. The summed E-state index contributed by atoms with van der Waals surface area (Å²) >= 11 is 1.05. The Balaban J connectivity index is 0.00000243. The zero-order chi connectivity index (χ0) is 17.9. The van der Waals surface area contributed by atoms with E-state index in [0.29, 0.717) is 24.0 Å². The van der Waals surface area contributed by atoms with Gasteiger partial charge in [0.2, 0.25) is 0 Å². The number of likely N-dealkylation sites (tertiary alicyclic amines) is 1. The van der Waals surface area contributed by atoms with Crippen LogP contribution in [0.25, 0.3) is 0 Å². The molecule has 0 bridgehead atoms. The van der Waals surface area contributed by atoms with Crippen molar-refractivity contribution >= 4 is 41.3 Å². The first-order valence-corrected chi connectivity index (χ1v) is 9.21. The Morgan fingerprint density at radius 3 is 2.73 bits per heavy atom. The first kappa shape index (κ1) is 21.4. The van der Waals surface area contributed by atoms with Crippen LogP contribution in [0, 0.1) is 0 Å². The van der Waals surface area contributed by atoms with Crippen molar-refractivity contribution in [3.63, 3.8) is 0 Å². The second-order valence-corrected chi connectivity index (χ2v) is 7.10. The highest BCUT2D eigenvalue weighted by atomic mass is 127. The van der Waals surface area contributed by atoms with Crippen LogP contribution in [0.3, 0.4) is 0 Å². The molecule has 26 heavy (non-hydrogen) atoms. The summed E-state index contributed by atoms with van der Waals surface area (Å²) in [4.78, 5) is 12.6. The second kappa shape index (κ2) is 9.36. The number of hydrogen-bond acceptors (Lipinski definition) is 4. The number of halogens is 4. The van der Waals surface area contributed by atoms with Crippen molar-refractivity contribution in [2.75, 3.05) is 39.8 Å². The van der Waals surface area contributed by atoms with Gasteiger partial charge in [0, 0.05) is 57.6 Å². The molecule has 0 aromatic carbocycles. The maximum absolute atomic E-state index is 12.6. The van der Waals surface area contributed by atoms with E-state index < -0.39 is 11.9 Å². The van der Waals surface area contributed by atoms with Crippen LogP contribution in [-0.4, -0.2) is 66.6 Å². The van der Waals surface area contributed by atoms with Gasteiger partial charge in [-0.15, -0.1) is 35.3 Å². The quantitative estimate of drug-likeness (QED) is 0.299. The van der Waals surface area contributed by atoms with Crippen LogP contribution in [0.1, 0.15) is 17.1 Å². The van der Waals surface area contributed by atoms with E-state index in [1.165, 1.54) is 0 Å². The molecule has 0 aliphatic carbocycles. The van der Waals surface area contributed by atoms with Crippen molar-refractivity contribution in [2.45, 2.75) is 25.1 Å². The fraction of sp³-hybridized carbons (Fsp3) is 0.625. The van der Waals surface area contributed by atoms with E-state index in [-0.39, 0.29) is 24.0 Å². The molecule has 0 spiro atoms. The van der Waals surface area contributed by atoms with E-state index in [9.17, 15) is 13.2 Å². The Labute approximate surface area is 172 Å². The van der Waals surface area contributed by atoms with Gasteiger partial charge < -0.3 is 10.2 Å². The Hall–Kier alpha value is -0.880. The first-order chi connectivity index (χ1) is 12.0. The molecule has 2 aliphatic rings. The van der Waals surface area contributed by atoms with Crippen molar-refractivity contribution in [1.29, 1.82) is 0 Å². The lowest BCUT2D eigenvalue weighted by atomic mass is 10.2. The highest BCUT2D eigenvalue weighted by molar-refractivity contribution is 14.0. The predicted octanol–water partition coefficient (Wildman–Crippen LogP) is 2.84. The van der Waals surface area contributed by atoms with Gasteiger partial charge in [-0.3, -0.25) is 9.89 Å². The highest BCUT2D eigenvalue weighted by Crippen LogP contribution is 2.30. The molecule has 1 N–H and O–H groups in total. The third kappa shape index (κ3) is 5.32. The molecule has 0 saturated carbocycles. The molecule has 3 heterocycles. The van der Waals surface area contributed by atoms with Gasteiger partial charge in [-0.05, 0) is 6.42 Å². The van der Waals surface area contributed by atoms with Crippen LogP contribution in [0.5, 0.6) is 0 Å². The van der Waals surface area contributed by atoms with Gasteiger partial charge in [-0.1, -0.05) is 12.2 Å². The maximum atomic E-state index is 12.6. The molecule has 1 atom stereocenters. The summed E-state index contributed by atoms with van der Waals surface area (Å²) in [5, 5.41) is 4.80. The molecule has 5 nitrogen and oxygen atoms in total. The van der Waals surface area contributed by atoms with Crippen LogP contribution in [0.4, 0.5) is 13.2 Å². The minimum atomic E-state index is -4.37. The molecule has 1 fully saturated rings. The molecule has 2 aliphatic heterocycles. The number of aromatic nitrogens is 1. The monoisotopic (exact) mass is 501 g/mol. The molecule has 1 saturated heterocycles. The van der Waals surface area contributed by atoms with Gasteiger partial charge in [0.25, 0.3) is 0 Å². The first-order valence-electron chi connectivity index (χ1n) is 8.33. The predicted molar refractivity (Wildman–Crippen MR) is 108 cm³/mol. The molecule has 10 heteroatoms. The van der Waals surface area contributed by atoms with E-state index in [1.807, 2.05) is 0 Å². The average Bonchev–Trinajstić information content (AvgIpc) is 3.31. The van der Waals surface area contributed by atoms with Crippen LogP contribution in [-0.2, 0) is 12.6 Å². The Kier molecular flexibility index (Phi) is 7.71. The number of aliphatic imine (C=N–C) groups is 1. The van der Waals surface area contributed by atoms with Crippen molar-refractivity contribution < 1.29 is 13.2 Å². The van der Waals surface area contributed by atoms with Crippen molar-refractivity contribution in [3.8, 4) is 0 Å². The van der Waals surface area contributed by atoms with Gasteiger partial charge >= 0.3 is 6.18 Å². The molecular weight excluding hydrogens is 478 g/mol. The number of thiazole rings is 1. The van der Waals surface area contributed by atoms with Crippen molar-refractivity contribution in [1.82, 2.24) is 20.1 Å². The third-order valence-electron chi connectivity index (χ3n) is 4.50. The molecule has 3 rings (SSSR count). The number of guanidine groups is 1. The summed E-state index contributed by atoms with van der Waals surface area (Å²) < 4.78 is 37.7. The lowest BCUT2D eigenvalue weighted by Crippen LogP contribution is -2.43. The van der Waals surface area contributed by atoms with Crippen molar-refractivity contribution in [2.24, 2.45) is 4.99 Å². The van der Waals surface area contributed by atoms with Crippen LogP contribution < -0.4 is 5.32 Å². The third-order valence-corrected chi connectivity index (χ3v) is 5.41. The summed E-state index contributed by atoms with van der Waals surface area (Å²) in [6.45, 7) is 4.41. The highest BCUT2D eigenvalue weighted by Gasteiger charge is 2.33. The van der Waals surface area contributed by atoms with Gasteiger partial charge in [0.05, 0.1) is 5.01 Å². The number of nitrogens with one attached hydrogen (secondary N) is 1. The normalized spacial score (nSPS) is 21.3. The largest absolute Gasteiger partial charge is 0.434 e. The number of rotatable bonds is 4. The molecule has 1 aromatic rings. The number of alkyl halides is 3. The summed E-state index contributed by atoms with van der Waals surface area (Å²) in [5.74, 6) is 0.808. The van der Waals surface area contributed by atoms with Gasteiger partial charge in [-0.25, -0.2) is 4.98 Å². The minimum absolute atomic E-state index is 0. The molecule has 0 amide bonds. The van der Waals surface area contributed by atoms with Crippen LogP contribution in [0.2, 0.25) is 0 Å². The van der Waals surface area contributed by atoms with E-state index in [4.69, 9.17) is 0 Å². The summed E-state index contributed by atoms with van der Waals surface area (Å²) in [6, 6.07) is 0.529. The number of nitrogens with zero attached hydrogens (tertiary/aromatic N) is 4. The Morgan fingerprint density at radius 1 is 1.38 bits per heavy atom. The van der Waals surface area contributed by atoms with Crippen LogP contribution in [0.15, 0.2) is 22.5 Å². The van der Waals surface area contributed by atoms with E-state index in [0.717, 1.165) is 55.3 Å². The fourth-order valence-electron chi connectivity index (χ4n) is 3.19. The van der Waals surface area contributed by atoms with E-state index in [2.05, 4.69) is 37.2 Å². The molecule has 146 valence electrons. The zero-order valence-corrected chi connectivity index (χ0v) is 17.6. The van der Waals surface area contributed by atoms with Gasteiger partial charge in [-0.2, -0.15) is 13.2 Å². The zero-order valence-electron chi connectivity index (χ0n) is 14.5. The average molecular weight is 501 g/mol. The second-order valence-electron chi connectivity index (χ2n) is 6.16. The Morgan fingerprint density at radius 2 is 2.12 bits per heavy atom. The summed E-state index contributed by atoms with van der Waals surface area (Å²) in [6.07, 6.45) is 1.57. The molecular formula is C16H23F3IN5S. The van der Waals surface area contributed by atoms with Crippen LogP contribution >= 0.6 is 35.3 Å². The SMILES string of the molecule is CN=C(NCCc1nc(C(F)(F)F)cs1)N1CCC(N2CC=CC2)C1.I.